The van der Waals surface area contributed by atoms with Gasteiger partial charge in [-0.1, -0.05) is 39.7 Å². The number of nitrogens with one attached hydrogen (secondary N) is 1. The van der Waals surface area contributed by atoms with Gasteiger partial charge in [0.15, 0.2) is 0 Å². The van der Waals surface area contributed by atoms with E-state index in [-0.39, 0.29) is 0 Å². The lowest BCUT2D eigenvalue weighted by Gasteiger charge is -2.08. The summed E-state index contributed by atoms with van der Waals surface area (Å²) in [5.74, 6) is 0.841. The highest BCUT2D eigenvalue weighted by molar-refractivity contribution is 5.74. The van der Waals surface area contributed by atoms with Crippen LogP contribution in [0.5, 0.6) is 0 Å². The van der Waals surface area contributed by atoms with Crippen LogP contribution in [0.15, 0.2) is 12.2 Å². The third kappa shape index (κ3) is 6.14. The summed E-state index contributed by atoms with van der Waals surface area (Å²) >= 11 is 0. The maximum Gasteiger partial charge on any atom is 0.0203 e. The second kappa shape index (κ2) is 7.08. The van der Waals surface area contributed by atoms with Crippen molar-refractivity contribution < 1.29 is 0 Å². The standard InChI is InChI=1S/C11H21N/c1-4-6-10(2)7-5-8-11(3)9-12/h9-10,12H,3-8H2,1-2H3. The highest BCUT2D eigenvalue weighted by atomic mass is 14.3. The first kappa shape index (κ1) is 11.4. The Hall–Kier alpha value is -0.590. The molecule has 0 rings (SSSR count). The third-order valence-corrected chi connectivity index (χ3v) is 2.18. The SMILES string of the molecule is C=C(C=N)CCCC(C)CCC. The van der Waals surface area contributed by atoms with E-state index in [1.54, 1.807) is 0 Å². The molecule has 1 atom stereocenters. The van der Waals surface area contributed by atoms with Gasteiger partial charge in [-0.05, 0) is 24.3 Å². The molecule has 0 heterocycles. The second-order valence-electron chi connectivity index (χ2n) is 3.59. The van der Waals surface area contributed by atoms with E-state index in [2.05, 4.69) is 20.4 Å². The molecule has 0 aromatic heterocycles. The summed E-state index contributed by atoms with van der Waals surface area (Å²) < 4.78 is 0. The summed E-state index contributed by atoms with van der Waals surface area (Å²) in [5.41, 5.74) is 0.957. The molecule has 0 saturated carbocycles. The van der Waals surface area contributed by atoms with Crippen molar-refractivity contribution in [2.75, 3.05) is 0 Å². The molecule has 0 aromatic carbocycles. The Morgan fingerprint density at radius 1 is 1.50 bits per heavy atom. The van der Waals surface area contributed by atoms with Crippen molar-refractivity contribution in [3.05, 3.63) is 12.2 Å². The van der Waals surface area contributed by atoms with Gasteiger partial charge in [0.1, 0.15) is 0 Å². The lowest BCUT2D eigenvalue weighted by atomic mass is 9.98. The largest absolute Gasteiger partial charge is 0.308 e. The molecule has 70 valence electrons. The third-order valence-electron chi connectivity index (χ3n) is 2.18. The highest BCUT2D eigenvalue weighted by Gasteiger charge is 1.99. The normalized spacial score (nSPS) is 12.5. The molecule has 0 amide bonds. The van der Waals surface area contributed by atoms with Crippen LogP contribution in [0.3, 0.4) is 0 Å². The average molecular weight is 167 g/mol. The Kier molecular flexibility index (Phi) is 6.73. The van der Waals surface area contributed by atoms with Crippen LogP contribution in [0.1, 0.15) is 46.0 Å². The number of hydrogen-bond donors (Lipinski definition) is 1. The molecule has 0 spiro atoms. The van der Waals surface area contributed by atoms with Crippen LogP contribution in [-0.4, -0.2) is 6.21 Å². The highest BCUT2D eigenvalue weighted by Crippen LogP contribution is 2.14. The molecule has 12 heavy (non-hydrogen) atoms. The molecular formula is C11H21N. The fourth-order valence-electron chi connectivity index (χ4n) is 1.39. The monoisotopic (exact) mass is 167 g/mol. The molecule has 1 unspecified atom stereocenters. The maximum atomic E-state index is 6.95. The molecule has 0 fully saturated rings. The summed E-state index contributed by atoms with van der Waals surface area (Å²) in [4.78, 5) is 0. The van der Waals surface area contributed by atoms with Crippen molar-refractivity contribution in [1.82, 2.24) is 0 Å². The summed E-state index contributed by atoms with van der Waals surface area (Å²) in [7, 11) is 0. The molecule has 0 aliphatic carbocycles. The van der Waals surface area contributed by atoms with E-state index in [9.17, 15) is 0 Å². The van der Waals surface area contributed by atoms with Crippen LogP contribution in [0, 0.1) is 11.3 Å². The van der Waals surface area contributed by atoms with E-state index in [4.69, 9.17) is 5.41 Å². The van der Waals surface area contributed by atoms with Gasteiger partial charge in [-0.3, -0.25) is 0 Å². The Morgan fingerprint density at radius 2 is 2.17 bits per heavy atom. The predicted molar refractivity (Wildman–Crippen MR) is 55.8 cm³/mol. The fourth-order valence-corrected chi connectivity index (χ4v) is 1.39. The lowest BCUT2D eigenvalue weighted by Crippen LogP contribution is -1.94. The Bertz CT molecular complexity index is 138. The molecule has 1 nitrogen and oxygen atoms in total. The molecule has 0 saturated heterocycles. The van der Waals surface area contributed by atoms with Crippen molar-refractivity contribution in [2.24, 2.45) is 5.92 Å². The van der Waals surface area contributed by atoms with Crippen LogP contribution in [-0.2, 0) is 0 Å². The van der Waals surface area contributed by atoms with E-state index in [0.717, 1.165) is 17.9 Å². The van der Waals surface area contributed by atoms with Crippen molar-refractivity contribution in [3.63, 3.8) is 0 Å². The molecular weight excluding hydrogens is 146 g/mol. The van der Waals surface area contributed by atoms with Crippen molar-refractivity contribution in [1.29, 1.82) is 5.41 Å². The zero-order chi connectivity index (χ0) is 9.40. The smallest absolute Gasteiger partial charge is 0.0203 e. The van der Waals surface area contributed by atoms with Gasteiger partial charge >= 0.3 is 0 Å². The molecule has 0 bridgehead atoms. The zero-order valence-corrected chi connectivity index (χ0v) is 8.40. The predicted octanol–water partition coefficient (Wildman–Crippen LogP) is 3.80. The van der Waals surface area contributed by atoms with Gasteiger partial charge < -0.3 is 5.41 Å². The van der Waals surface area contributed by atoms with Gasteiger partial charge in [0.25, 0.3) is 0 Å². The quantitative estimate of drug-likeness (QED) is 0.558. The molecule has 1 heteroatoms. The zero-order valence-electron chi connectivity index (χ0n) is 8.40. The number of allylic oxidation sites excluding steroid dienone is 1. The topological polar surface area (TPSA) is 23.9 Å². The average Bonchev–Trinajstić information content (AvgIpc) is 2.04. The van der Waals surface area contributed by atoms with Crippen LogP contribution in [0.2, 0.25) is 0 Å². The minimum absolute atomic E-state index is 0.841. The molecule has 0 aromatic rings. The first-order chi connectivity index (χ1) is 5.70. The summed E-state index contributed by atoms with van der Waals surface area (Å²) in [6, 6.07) is 0. The van der Waals surface area contributed by atoms with Gasteiger partial charge in [-0.2, -0.15) is 0 Å². The van der Waals surface area contributed by atoms with Crippen LogP contribution in [0.25, 0.3) is 0 Å². The van der Waals surface area contributed by atoms with Crippen LogP contribution < -0.4 is 0 Å². The number of rotatable bonds is 7. The van der Waals surface area contributed by atoms with Crippen molar-refractivity contribution >= 4 is 6.21 Å². The molecule has 0 radical (unpaired) electrons. The molecule has 0 aliphatic heterocycles. The van der Waals surface area contributed by atoms with Gasteiger partial charge in [0.2, 0.25) is 0 Å². The van der Waals surface area contributed by atoms with Crippen molar-refractivity contribution in [3.8, 4) is 0 Å². The Balaban J connectivity index is 3.30. The van der Waals surface area contributed by atoms with E-state index >= 15 is 0 Å². The first-order valence-electron chi connectivity index (χ1n) is 4.89. The van der Waals surface area contributed by atoms with Gasteiger partial charge in [0.05, 0.1) is 0 Å². The summed E-state index contributed by atoms with van der Waals surface area (Å²) in [6.45, 7) is 8.30. The first-order valence-corrected chi connectivity index (χ1v) is 4.89. The van der Waals surface area contributed by atoms with Gasteiger partial charge in [-0.15, -0.1) is 0 Å². The Morgan fingerprint density at radius 3 is 2.67 bits per heavy atom. The molecule has 0 aliphatic rings. The van der Waals surface area contributed by atoms with Crippen LogP contribution in [0.4, 0.5) is 0 Å². The minimum Gasteiger partial charge on any atom is -0.308 e. The minimum atomic E-state index is 0.841. The van der Waals surface area contributed by atoms with E-state index in [0.29, 0.717) is 0 Å². The van der Waals surface area contributed by atoms with E-state index in [1.807, 2.05) is 0 Å². The summed E-state index contributed by atoms with van der Waals surface area (Å²) in [6.07, 6.45) is 7.45. The van der Waals surface area contributed by atoms with E-state index in [1.165, 1.54) is 31.9 Å². The van der Waals surface area contributed by atoms with Crippen molar-refractivity contribution in [2.45, 2.75) is 46.0 Å². The maximum absolute atomic E-state index is 6.95. The van der Waals surface area contributed by atoms with Gasteiger partial charge in [-0.25, -0.2) is 0 Å². The van der Waals surface area contributed by atoms with E-state index < -0.39 is 0 Å². The van der Waals surface area contributed by atoms with Crippen LogP contribution >= 0.6 is 0 Å². The second-order valence-corrected chi connectivity index (χ2v) is 3.59. The Labute approximate surface area is 76.4 Å². The fraction of sp³-hybridized carbons (Fsp3) is 0.727. The molecule has 1 N–H and O–H groups in total. The summed E-state index contributed by atoms with van der Waals surface area (Å²) in [5, 5.41) is 6.95. The van der Waals surface area contributed by atoms with Gasteiger partial charge in [0, 0.05) is 6.21 Å². The number of hydrogen-bond acceptors (Lipinski definition) is 1. The lowest BCUT2D eigenvalue weighted by molar-refractivity contribution is 0.471.